The Labute approximate surface area is 366 Å². The monoisotopic (exact) mass is 887 g/mol. The molecule has 0 bridgehead atoms. The summed E-state index contributed by atoms with van der Waals surface area (Å²) < 4.78 is 0. The van der Waals surface area contributed by atoms with Gasteiger partial charge in [0.2, 0.25) is 0 Å². The molecule has 0 saturated carbocycles. The largest absolute Gasteiger partial charge is 0.507 e. The molecule has 1 saturated heterocycles. The zero-order chi connectivity index (χ0) is 46.4. The number of phenols is 2. The first-order chi connectivity index (χ1) is 29.9. The van der Waals surface area contributed by atoms with Crippen LogP contribution in [0.5, 0.6) is 11.5 Å². The molecule has 8 atom stereocenters. The van der Waals surface area contributed by atoms with Gasteiger partial charge in [-0.05, 0) is 81.7 Å². The summed E-state index contributed by atoms with van der Waals surface area (Å²) in [5, 5.41) is 126. The zero-order valence-electron chi connectivity index (χ0n) is 35.7. The predicted molar refractivity (Wildman–Crippen MR) is 229 cm³/mol. The molecular formula is C44H65N5O14. The van der Waals surface area contributed by atoms with Crippen LogP contribution in [-0.4, -0.2) is 196 Å². The molecule has 1 heterocycles. The van der Waals surface area contributed by atoms with Gasteiger partial charge < -0.3 is 71.9 Å². The molecule has 4 rings (SSSR count). The van der Waals surface area contributed by atoms with Crippen LogP contribution >= 0.6 is 0 Å². The zero-order valence-corrected chi connectivity index (χ0v) is 35.7. The Morgan fingerprint density at radius 3 is 1.49 bits per heavy atom. The molecule has 63 heavy (non-hydrogen) atoms. The van der Waals surface area contributed by atoms with Crippen LogP contribution in [0.2, 0.25) is 0 Å². The van der Waals surface area contributed by atoms with Crippen LogP contribution in [0.15, 0.2) is 54.6 Å². The van der Waals surface area contributed by atoms with Crippen molar-refractivity contribution in [1.82, 2.24) is 25.3 Å². The molecular weight excluding hydrogens is 823 g/mol. The van der Waals surface area contributed by atoms with E-state index in [1.165, 1.54) is 12.1 Å². The van der Waals surface area contributed by atoms with E-state index in [9.17, 15) is 60.7 Å². The lowest BCUT2D eigenvalue weighted by atomic mass is 10.0. The van der Waals surface area contributed by atoms with Crippen molar-refractivity contribution < 1.29 is 70.9 Å². The molecule has 19 nitrogen and oxygen atoms in total. The summed E-state index contributed by atoms with van der Waals surface area (Å²) in [4.78, 5) is 33.2. The number of nitrogens with one attached hydrogen (secondary N) is 2. The average molecular weight is 888 g/mol. The molecule has 3 aromatic carbocycles. The van der Waals surface area contributed by atoms with E-state index in [-0.39, 0.29) is 35.7 Å². The normalized spacial score (nSPS) is 18.9. The number of aromatic hydroxyl groups is 2. The van der Waals surface area contributed by atoms with E-state index < -0.39 is 80.5 Å². The third-order valence-electron chi connectivity index (χ3n) is 11.2. The van der Waals surface area contributed by atoms with E-state index in [1.54, 1.807) is 26.0 Å². The summed E-state index contributed by atoms with van der Waals surface area (Å²) in [6.07, 6.45) is -13.5. The van der Waals surface area contributed by atoms with Gasteiger partial charge >= 0.3 is 0 Å². The second kappa shape index (κ2) is 24.7. The van der Waals surface area contributed by atoms with Crippen molar-refractivity contribution in [3.63, 3.8) is 0 Å². The van der Waals surface area contributed by atoms with Crippen molar-refractivity contribution in [2.45, 2.75) is 95.3 Å². The van der Waals surface area contributed by atoms with Crippen LogP contribution in [0.25, 0.3) is 0 Å². The molecule has 14 N–H and O–H groups in total. The van der Waals surface area contributed by atoms with E-state index in [1.807, 2.05) is 18.2 Å². The quantitative estimate of drug-likeness (QED) is 0.0559. The lowest BCUT2D eigenvalue weighted by Crippen LogP contribution is -2.52. The standard InChI is InChI=1S/C44H65N5O14/c1-26-16-29(36(55)31(18-26)42(61)45-20-33(52)38(57)39(58)34(53)24-50)22-47-10-6-12-48(21-28-8-4-3-5-9-28)14-15-49(13-7-11-47)23-30-17-27(2)19-32(37(30)56)43(62)46-44(63)41(60)40(59)35(54)25-51/h3-5,8-9,16-19,33-35,38-41,44,50-60,63H,6-7,10-15,20-25H2,1-2H3,(H,45,61)(H,46,62). The van der Waals surface area contributed by atoms with Crippen molar-refractivity contribution in [2.24, 2.45) is 0 Å². The molecule has 1 aliphatic heterocycles. The van der Waals surface area contributed by atoms with E-state index in [0.29, 0.717) is 67.9 Å². The van der Waals surface area contributed by atoms with Gasteiger partial charge in [0.05, 0.1) is 30.4 Å². The van der Waals surface area contributed by atoms with Crippen LogP contribution in [-0.2, 0) is 19.6 Å². The van der Waals surface area contributed by atoms with Crippen molar-refractivity contribution in [3.8, 4) is 11.5 Å². The minimum atomic E-state index is -2.04. The highest BCUT2D eigenvalue weighted by Gasteiger charge is 2.33. The number of hydrogen-bond donors (Lipinski definition) is 14. The number of benzene rings is 3. The molecule has 350 valence electrons. The van der Waals surface area contributed by atoms with E-state index in [4.69, 9.17) is 10.2 Å². The average Bonchev–Trinajstić information content (AvgIpc) is 3.31. The van der Waals surface area contributed by atoms with Crippen LogP contribution in [0.3, 0.4) is 0 Å². The second-order valence-corrected chi connectivity index (χ2v) is 16.3. The Kier molecular flexibility index (Phi) is 20.1. The van der Waals surface area contributed by atoms with Crippen LogP contribution in [0, 0.1) is 13.8 Å². The second-order valence-electron chi connectivity index (χ2n) is 16.3. The van der Waals surface area contributed by atoms with E-state index in [2.05, 4.69) is 37.5 Å². The Balaban J connectivity index is 1.52. The highest BCUT2D eigenvalue weighted by Crippen LogP contribution is 2.28. The maximum atomic E-state index is 13.3. The molecule has 19 heteroatoms. The SMILES string of the molecule is Cc1cc(CN2CCCN(Cc3ccccc3)CCN(Cc3cc(C)cc(C(=O)NC(O)C(O)C(O)C(O)CO)c3O)CCC2)c(O)c(C(=O)NCC(O)C(O)C(O)C(O)CO)c1. The number of carbonyl (C=O) groups excluding carboxylic acids is 2. The van der Waals surface area contributed by atoms with Gasteiger partial charge in [0.1, 0.15) is 48.1 Å². The maximum absolute atomic E-state index is 13.3. The van der Waals surface area contributed by atoms with Gasteiger partial charge in [0.15, 0.2) is 6.23 Å². The maximum Gasteiger partial charge on any atom is 0.257 e. The number of aliphatic hydroxyl groups excluding tert-OH is 10. The van der Waals surface area contributed by atoms with E-state index >= 15 is 0 Å². The number of amides is 2. The number of phenolic OH excluding ortho intramolecular Hbond substituents is 2. The molecule has 0 aromatic heterocycles. The van der Waals surface area contributed by atoms with Crippen LogP contribution in [0.4, 0.5) is 0 Å². The third-order valence-corrected chi connectivity index (χ3v) is 11.2. The molecule has 0 aliphatic carbocycles. The van der Waals surface area contributed by atoms with Crippen molar-refractivity contribution >= 4 is 11.8 Å². The van der Waals surface area contributed by atoms with Gasteiger partial charge in [-0.1, -0.05) is 42.5 Å². The Bertz CT molecular complexity index is 1910. The first-order valence-electron chi connectivity index (χ1n) is 21.0. The Hall–Kier alpha value is -4.32. The Morgan fingerprint density at radius 1 is 0.571 bits per heavy atom. The third kappa shape index (κ3) is 14.9. The van der Waals surface area contributed by atoms with Crippen LogP contribution < -0.4 is 10.6 Å². The fourth-order valence-corrected chi connectivity index (χ4v) is 7.54. The topological polar surface area (TPSA) is 311 Å². The van der Waals surface area contributed by atoms with Gasteiger partial charge in [-0.25, -0.2) is 0 Å². The summed E-state index contributed by atoms with van der Waals surface area (Å²) in [5.41, 5.74) is 3.12. The number of carbonyl (C=O) groups is 2. The smallest absolute Gasteiger partial charge is 0.257 e. The van der Waals surface area contributed by atoms with Crippen molar-refractivity contribution in [2.75, 3.05) is 59.0 Å². The van der Waals surface area contributed by atoms with Gasteiger partial charge in [0.25, 0.3) is 11.8 Å². The number of hydrogen-bond acceptors (Lipinski definition) is 17. The summed E-state index contributed by atoms with van der Waals surface area (Å²) in [5.74, 6) is -2.29. The molecule has 0 radical (unpaired) electrons. The number of aryl methyl sites for hydroxylation is 2. The minimum absolute atomic E-state index is 0.0597. The molecule has 2 amide bonds. The fraction of sp³-hybridized carbons (Fsp3) is 0.545. The van der Waals surface area contributed by atoms with Gasteiger partial charge in [-0.3, -0.25) is 24.3 Å². The summed E-state index contributed by atoms with van der Waals surface area (Å²) in [6, 6.07) is 16.5. The summed E-state index contributed by atoms with van der Waals surface area (Å²) in [7, 11) is 0. The molecule has 3 aromatic rings. The summed E-state index contributed by atoms with van der Waals surface area (Å²) >= 11 is 0. The molecule has 8 unspecified atom stereocenters. The summed E-state index contributed by atoms with van der Waals surface area (Å²) in [6.45, 7) is 6.23. The molecule has 1 aliphatic rings. The number of rotatable bonds is 19. The van der Waals surface area contributed by atoms with Gasteiger partial charge in [-0.2, -0.15) is 0 Å². The van der Waals surface area contributed by atoms with Gasteiger partial charge in [0, 0.05) is 50.4 Å². The van der Waals surface area contributed by atoms with Crippen molar-refractivity contribution in [1.29, 1.82) is 0 Å². The van der Waals surface area contributed by atoms with Crippen molar-refractivity contribution in [3.05, 3.63) is 93.5 Å². The number of nitrogens with zero attached hydrogens (tertiary/aromatic N) is 3. The molecule has 1 fully saturated rings. The Morgan fingerprint density at radius 2 is 1.00 bits per heavy atom. The lowest BCUT2D eigenvalue weighted by molar-refractivity contribution is -0.119. The van der Waals surface area contributed by atoms with Gasteiger partial charge in [-0.15, -0.1) is 0 Å². The van der Waals surface area contributed by atoms with E-state index in [0.717, 1.165) is 18.5 Å². The minimum Gasteiger partial charge on any atom is -0.507 e. The fourth-order valence-electron chi connectivity index (χ4n) is 7.54. The highest BCUT2D eigenvalue weighted by molar-refractivity contribution is 5.98. The number of aliphatic hydroxyl groups is 10. The first kappa shape index (κ1) is 51.3. The molecule has 0 spiro atoms. The predicted octanol–water partition coefficient (Wildman–Crippen LogP) is -2.40. The first-order valence-corrected chi connectivity index (χ1v) is 21.0. The highest BCUT2D eigenvalue weighted by atomic mass is 16.4. The lowest BCUT2D eigenvalue weighted by Gasteiger charge is -2.28. The van der Waals surface area contributed by atoms with Crippen LogP contribution in [0.1, 0.15) is 61.4 Å².